The highest BCUT2D eigenvalue weighted by atomic mass is 16.5. The molecule has 2 aliphatic rings. The van der Waals surface area contributed by atoms with E-state index < -0.39 is 0 Å². The average Bonchev–Trinajstić information content (AvgIpc) is 3.33. The van der Waals surface area contributed by atoms with Gasteiger partial charge in [-0.3, -0.25) is 0 Å². The highest BCUT2D eigenvalue weighted by Crippen LogP contribution is 2.39. The molecule has 0 unspecified atom stereocenters. The van der Waals surface area contributed by atoms with Crippen LogP contribution in [0, 0.1) is 0 Å². The third kappa shape index (κ3) is 5.72. The van der Waals surface area contributed by atoms with Crippen molar-refractivity contribution in [2.75, 3.05) is 26.9 Å². The maximum Gasteiger partial charge on any atom is 0.355 e. The fourth-order valence-electron chi connectivity index (χ4n) is 6.60. The molecule has 6 nitrogen and oxygen atoms in total. The summed E-state index contributed by atoms with van der Waals surface area (Å²) in [5.74, 6) is 2.31. The highest BCUT2D eigenvalue weighted by molar-refractivity contribution is 6.04. The summed E-state index contributed by atoms with van der Waals surface area (Å²) in [5.41, 5.74) is 7.64. The number of esters is 1. The molecule has 2 bridgehead atoms. The maximum absolute atomic E-state index is 13.6. The average molecular weight is 568 g/mol. The molecule has 1 aliphatic heterocycles. The van der Waals surface area contributed by atoms with Crippen molar-refractivity contribution < 1.29 is 23.7 Å². The first-order chi connectivity index (χ1) is 20.7. The van der Waals surface area contributed by atoms with Crippen LogP contribution in [0.2, 0.25) is 0 Å². The number of methoxy groups -OCH3 is 1. The molecule has 2 heterocycles. The Morgan fingerprint density at radius 2 is 1.86 bits per heavy atom. The second-order valence-corrected chi connectivity index (χ2v) is 11.3. The first-order valence-corrected chi connectivity index (χ1v) is 15.5. The first kappa shape index (κ1) is 28.2. The van der Waals surface area contributed by atoms with Crippen molar-refractivity contribution in [3.63, 3.8) is 0 Å². The van der Waals surface area contributed by atoms with Crippen LogP contribution in [0.1, 0.15) is 72.6 Å². The van der Waals surface area contributed by atoms with E-state index in [1.807, 2.05) is 19.1 Å². The molecule has 42 heavy (non-hydrogen) atoms. The molecule has 0 saturated heterocycles. The third-order valence-electron chi connectivity index (χ3n) is 8.56. The number of hydrogen-bond acceptors (Lipinski definition) is 5. The predicted molar refractivity (Wildman–Crippen MR) is 166 cm³/mol. The Hall–Kier alpha value is -3.93. The van der Waals surface area contributed by atoms with Crippen LogP contribution >= 0.6 is 0 Å². The van der Waals surface area contributed by atoms with Gasteiger partial charge in [0, 0.05) is 23.6 Å². The van der Waals surface area contributed by atoms with E-state index in [1.54, 1.807) is 7.11 Å². The normalized spacial score (nSPS) is 14.7. The van der Waals surface area contributed by atoms with Crippen molar-refractivity contribution in [1.82, 2.24) is 4.57 Å². The molecule has 220 valence electrons. The van der Waals surface area contributed by atoms with Gasteiger partial charge in [0.05, 0.1) is 32.4 Å². The molecular weight excluding hydrogens is 526 g/mol. The molecule has 6 rings (SSSR count). The van der Waals surface area contributed by atoms with Crippen molar-refractivity contribution in [1.29, 1.82) is 0 Å². The van der Waals surface area contributed by atoms with Crippen molar-refractivity contribution >= 4 is 16.9 Å². The van der Waals surface area contributed by atoms with Gasteiger partial charge < -0.3 is 23.5 Å². The number of nitrogens with zero attached hydrogens (tertiary/aromatic N) is 1. The highest BCUT2D eigenvalue weighted by Gasteiger charge is 2.26. The summed E-state index contributed by atoms with van der Waals surface area (Å²) in [6.07, 6.45) is 9.13. The van der Waals surface area contributed by atoms with Gasteiger partial charge in [-0.1, -0.05) is 30.3 Å². The molecule has 0 saturated carbocycles. The van der Waals surface area contributed by atoms with Crippen LogP contribution in [0.3, 0.4) is 0 Å². The Morgan fingerprint density at radius 1 is 0.976 bits per heavy atom. The van der Waals surface area contributed by atoms with E-state index in [-0.39, 0.29) is 5.97 Å². The van der Waals surface area contributed by atoms with Gasteiger partial charge in [-0.15, -0.1) is 0 Å². The molecule has 1 aromatic heterocycles. The van der Waals surface area contributed by atoms with Gasteiger partial charge in [0.25, 0.3) is 0 Å². The van der Waals surface area contributed by atoms with Gasteiger partial charge in [-0.25, -0.2) is 4.79 Å². The molecule has 1 aliphatic carbocycles. The zero-order valence-electron chi connectivity index (χ0n) is 24.9. The SMILES string of the molecule is CCOC(=O)c1c(CCCOc2cccc3c2CCCC3)c2cccc3c2n1CCCCCOc1cc(OC)cc-3c1. The van der Waals surface area contributed by atoms with Crippen LogP contribution in [0.15, 0.2) is 54.6 Å². The third-order valence-corrected chi connectivity index (χ3v) is 8.56. The Morgan fingerprint density at radius 3 is 2.74 bits per heavy atom. The monoisotopic (exact) mass is 567 g/mol. The minimum absolute atomic E-state index is 0.255. The Balaban J connectivity index is 1.39. The van der Waals surface area contributed by atoms with Crippen LogP contribution in [-0.2, 0) is 30.5 Å². The molecule has 0 fully saturated rings. The van der Waals surface area contributed by atoms with Gasteiger partial charge in [0.2, 0.25) is 0 Å². The number of carbonyl (C=O) groups is 1. The van der Waals surface area contributed by atoms with Crippen molar-refractivity contribution in [2.45, 2.75) is 71.3 Å². The number of carbonyl (C=O) groups excluding carboxylic acids is 1. The van der Waals surface area contributed by atoms with E-state index >= 15 is 0 Å². The smallest absolute Gasteiger partial charge is 0.355 e. The second-order valence-electron chi connectivity index (χ2n) is 11.3. The summed E-state index contributed by atoms with van der Waals surface area (Å²) in [7, 11) is 1.68. The lowest BCUT2D eigenvalue weighted by Gasteiger charge is -2.19. The molecule has 0 radical (unpaired) electrons. The van der Waals surface area contributed by atoms with Crippen LogP contribution in [-0.4, -0.2) is 37.5 Å². The molecule has 4 aromatic rings. The van der Waals surface area contributed by atoms with Gasteiger partial charge >= 0.3 is 5.97 Å². The second kappa shape index (κ2) is 12.9. The van der Waals surface area contributed by atoms with Crippen LogP contribution < -0.4 is 14.2 Å². The molecule has 6 heteroatoms. The topological polar surface area (TPSA) is 58.9 Å². The Kier molecular flexibility index (Phi) is 8.68. The number of para-hydroxylation sites is 1. The number of hydrogen-bond donors (Lipinski definition) is 0. The molecule has 0 atom stereocenters. The van der Waals surface area contributed by atoms with Gasteiger partial charge in [-0.2, -0.15) is 0 Å². The lowest BCUT2D eigenvalue weighted by Crippen LogP contribution is -2.15. The summed E-state index contributed by atoms with van der Waals surface area (Å²) in [4.78, 5) is 13.6. The molecule has 0 spiro atoms. The molecule has 3 aromatic carbocycles. The maximum atomic E-state index is 13.6. The van der Waals surface area contributed by atoms with Crippen LogP contribution in [0.4, 0.5) is 0 Å². The number of ether oxygens (including phenoxy) is 4. The molecule has 0 N–H and O–H groups in total. The van der Waals surface area contributed by atoms with E-state index in [9.17, 15) is 4.79 Å². The standard InChI is InChI=1S/C36H41NO5/c1-3-40-36(38)35-32(17-11-21-42-33-18-9-13-25-12-5-6-14-29(25)33)31-16-10-15-30-26-22-27(39-2)24-28(23-26)41-20-8-4-7-19-37(35)34(30)31/h9-10,13,15-16,18,22-24H,3-8,11-12,14,17,19-21H2,1-2H3. The summed E-state index contributed by atoms with van der Waals surface area (Å²) in [5, 5.41) is 1.09. The molecule has 0 amide bonds. The summed E-state index contributed by atoms with van der Waals surface area (Å²) in [6, 6.07) is 18.9. The van der Waals surface area contributed by atoms with Gasteiger partial charge in [-0.05, 0) is 105 Å². The largest absolute Gasteiger partial charge is 0.497 e. The quantitative estimate of drug-likeness (QED) is 0.160. The lowest BCUT2D eigenvalue weighted by molar-refractivity contribution is 0.0512. The minimum Gasteiger partial charge on any atom is -0.497 e. The fourth-order valence-corrected chi connectivity index (χ4v) is 6.60. The van der Waals surface area contributed by atoms with E-state index in [4.69, 9.17) is 18.9 Å². The summed E-state index contributed by atoms with van der Waals surface area (Å²) in [6.45, 7) is 4.20. The number of aryl methyl sites for hydroxylation is 3. The summed E-state index contributed by atoms with van der Waals surface area (Å²) >= 11 is 0. The summed E-state index contributed by atoms with van der Waals surface area (Å²) < 4.78 is 26.0. The number of benzene rings is 3. The fraction of sp³-hybridized carbons (Fsp3) is 0.417. The minimum atomic E-state index is -0.255. The number of rotatable bonds is 8. The van der Waals surface area contributed by atoms with Crippen LogP contribution in [0.25, 0.3) is 22.0 Å². The van der Waals surface area contributed by atoms with Crippen molar-refractivity contribution in [3.8, 4) is 28.4 Å². The van der Waals surface area contributed by atoms with E-state index in [0.717, 1.165) is 96.3 Å². The van der Waals surface area contributed by atoms with Gasteiger partial charge in [0.15, 0.2) is 0 Å². The number of fused-ring (bicyclic) bond motifs is 4. The van der Waals surface area contributed by atoms with Crippen molar-refractivity contribution in [2.24, 2.45) is 0 Å². The molecular formula is C36H41NO5. The Labute approximate surface area is 248 Å². The van der Waals surface area contributed by atoms with E-state index in [1.165, 1.54) is 24.0 Å². The first-order valence-electron chi connectivity index (χ1n) is 15.5. The number of aromatic nitrogens is 1. The van der Waals surface area contributed by atoms with Crippen molar-refractivity contribution in [3.05, 3.63) is 77.0 Å². The van der Waals surface area contributed by atoms with Crippen LogP contribution in [0.5, 0.6) is 17.2 Å². The zero-order chi connectivity index (χ0) is 28.9. The van der Waals surface area contributed by atoms with Gasteiger partial charge in [0.1, 0.15) is 22.9 Å². The predicted octanol–water partition coefficient (Wildman–Crippen LogP) is 7.95. The zero-order valence-corrected chi connectivity index (χ0v) is 24.9. The lowest BCUT2D eigenvalue weighted by atomic mass is 9.91. The van der Waals surface area contributed by atoms with E-state index in [2.05, 4.69) is 47.0 Å². The Bertz CT molecular complexity index is 1570. The van der Waals surface area contributed by atoms with E-state index in [0.29, 0.717) is 25.5 Å².